The molecule has 0 bridgehead atoms. The molecule has 0 saturated heterocycles. The van der Waals surface area contributed by atoms with E-state index >= 15 is 0 Å². The van der Waals surface area contributed by atoms with E-state index in [4.69, 9.17) is 0 Å². The van der Waals surface area contributed by atoms with Crippen LogP contribution in [0, 0.1) is 0 Å². The summed E-state index contributed by atoms with van der Waals surface area (Å²) in [6.45, 7) is 3.26. The highest BCUT2D eigenvalue weighted by Gasteiger charge is 2.04. The first-order valence-electron chi connectivity index (χ1n) is 5.42. The highest BCUT2D eigenvalue weighted by molar-refractivity contribution is 8.40. The molecule has 0 atom stereocenters. The summed E-state index contributed by atoms with van der Waals surface area (Å²) in [6.07, 6.45) is 8.92. The van der Waals surface area contributed by atoms with Gasteiger partial charge in [-0.3, -0.25) is 4.99 Å². The van der Waals surface area contributed by atoms with Gasteiger partial charge in [-0.2, -0.15) is 0 Å². The number of nitrogens with zero attached hydrogens (tertiary/aromatic N) is 1. The Morgan fingerprint density at radius 2 is 2.36 bits per heavy atom. The van der Waals surface area contributed by atoms with Crippen molar-refractivity contribution in [3.63, 3.8) is 0 Å². The maximum Gasteiger partial charge on any atom is 0.128 e. The molecule has 0 radical (unpaired) electrons. The van der Waals surface area contributed by atoms with Gasteiger partial charge in [0.05, 0.1) is 6.54 Å². The van der Waals surface area contributed by atoms with Crippen molar-refractivity contribution in [1.82, 2.24) is 0 Å². The predicted octanol–water partition coefficient (Wildman–Crippen LogP) is 4.31. The first-order chi connectivity index (χ1) is 6.93. The average molecular weight is 229 g/mol. The molecule has 0 N–H and O–H groups in total. The van der Waals surface area contributed by atoms with E-state index in [0.717, 1.165) is 6.54 Å². The lowest BCUT2D eigenvalue weighted by atomic mass is 10.2. The summed E-state index contributed by atoms with van der Waals surface area (Å²) in [5.74, 6) is 1.17. The molecule has 0 amide bonds. The van der Waals surface area contributed by atoms with Crippen LogP contribution < -0.4 is 0 Å². The van der Waals surface area contributed by atoms with Crippen LogP contribution in [0.25, 0.3) is 0 Å². The summed E-state index contributed by atoms with van der Waals surface area (Å²) in [5.41, 5.74) is 0. The Balaban J connectivity index is 1.92. The number of unbranched alkanes of at least 4 members (excludes halogenated alkanes) is 4. The minimum Gasteiger partial charge on any atom is -0.271 e. The Hall–Kier alpha value is 0.110. The number of rotatable bonds is 6. The van der Waals surface area contributed by atoms with Crippen LogP contribution in [-0.2, 0) is 0 Å². The Bertz CT molecular complexity index is 199. The van der Waals surface area contributed by atoms with Crippen molar-refractivity contribution in [3.8, 4) is 0 Å². The van der Waals surface area contributed by atoms with E-state index in [-0.39, 0.29) is 0 Å². The van der Waals surface area contributed by atoms with Crippen LogP contribution in [0.3, 0.4) is 0 Å². The zero-order valence-corrected chi connectivity index (χ0v) is 10.5. The predicted molar refractivity (Wildman–Crippen MR) is 70.3 cm³/mol. The number of aliphatic imine (C=N–C) groups is 1. The molecule has 0 aromatic rings. The molecule has 1 aliphatic heterocycles. The smallest absolute Gasteiger partial charge is 0.128 e. The highest BCUT2D eigenvalue weighted by atomic mass is 32.2. The third-order valence-corrected chi connectivity index (χ3v) is 4.11. The molecule has 0 aromatic heterocycles. The second-order valence-corrected chi connectivity index (χ2v) is 5.57. The molecule has 1 aliphatic rings. The van der Waals surface area contributed by atoms with Crippen LogP contribution >= 0.6 is 23.5 Å². The lowest BCUT2D eigenvalue weighted by molar-refractivity contribution is 0.675. The van der Waals surface area contributed by atoms with Crippen LogP contribution in [0.15, 0.2) is 16.5 Å². The van der Waals surface area contributed by atoms with Gasteiger partial charge < -0.3 is 0 Å². The Labute approximate surface area is 95.8 Å². The maximum absolute atomic E-state index is 4.37. The van der Waals surface area contributed by atoms with E-state index < -0.39 is 0 Å². The lowest BCUT2D eigenvalue weighted by Gasteiger charge is -1.94. The van der Waals surface area contributed by atoms with Crippen molar-refractivity contribution in [1.29, 1.82) is 0 Å². The van der Waals surface area contributed by atoms with Crippen LogP contribution in [0.2, 0.25) is 0 Å². The molecule has 0 aliphatic carbocycles. The topological polar surface area (TPSA) is 12.4 Å². The molecule has 80 valence electrons. The fourth-order valence-corrected chi connectivity index (χ4v) is 2.99. The maximum atomic E-state index is 4.37. The monoisotopic (exact) mass is 229 g/mol. The molecule has 0 saturated carbocycles. The standard InChI is InChI=1S/C11H19NS2/c1-2-3-4-5-6-7-9-13-11-12-8-10-14-11/h7,9H,2-6,8,10H2,1H3. The fourth-order valence-electron chi connectivity index (χ4n) is 1.25. The minimum atomic E-state index is 1.01. The minimum absolute atomic E-state index is 1.01. The molecule has 1 rings (SSSR count). The largest absolute Gasteiger partial charge is 0.271 e. The third kappa shape index (κ3) is 5.76. The summed E-state index contributed by atoms with van der Waals surface area (Å²) >= 11 is 3.66. The Kier molecular flexibility index (Phi) is 7.33. The van der Waals surface area contributed by atoms with E-state index in [0.29, 0.717) is 0 Å². The zero-order chi connectivity index (χ0) is 10.1. The van der Waals surface area contributed by atoms with Crippen molar-refractivity contribution >= 4 is 27.9 Å². The SMILES string of the molecule is CCCCCCC=CSC1=NCCS1. The van der Waals surface area contributed by atoms with Gasteiger partial charge in [-0.25, -0.2) is 0 Å². The quantitative estimate of drug-likeness (QED) is 0.629. The highest BCUT2D eigenvalue weighted by Crippen LogP contribution is 2.22. The van der Waals surface area contributed by atoms with E-state index in [2.05, 4.69) is 23.4 Å². The number of allylic oxidation sites excluding steroid dienone is 1. The molecule has 0 fully saturated rings. The molecule has 0 unspecified atom stereocenters. The van der Waals surface area contributed by atoms with Crippen molar-refractivity contribution in [3.05, 3.63) is 11.5 Å². The van der Waals surface area contributed by atoms with Crippen LogP contribution in [0.5, 0.6) is 0 Å². The molecule has 1 nitrogen and oxygen atoms in total. The number of hydrogen-bond donors (Lipinski definition) is 0. The van der Waals surface area contributed by atoms with Crippen molar-refractivity contribution in [2.75, 3.05) is 12.3 Å². The van der Waals surface area contributed by atoms with Crippen molar-refractivity contribution in [2.24, 2.45) is 4.99 Å². The average Bonchev–Trinajstić information content (AvgIpc) is 2.69. The summed E-state index contributed by atoms with van der Waals surface area (Å²) in [6, 6.07) is 0. The molecular weight excluding hydrogens is 210 g/mol. The molecule has 14 heavy (non-hydrogen) atoms. The van der Waals surface area contributed by atoms with Gasteiger partial charge in [-0.05, 0) is 18.2 Å². The Morgan fingerprint density at radius 1 is 1.43 bits per heavy atom. The van der Waals surface area contributed by atoms with Crippen molar-refractivity contribution in [2.45, 2.75) is 39.0 Å². The second kappa shape index (κ2) is 8.42. The molecule has 0 spiro atoms. The van der Waals surface area contributed by atoms with E-state index in [9.17, 15) is 0 Å². The number of hydrogen-bond acceptors (Lipinski definition) is 3. The summed E-state index contributed by atoms with van der Waals surface area (Å²) in [4.78, 5) is 4.37. The number of thioether (sulfide) groups is 2. The normalized spacial score (nSPS) is 16.5. The van der Waals surface area contributed by atoms with Crippen LogP contribution in [0.4, 0.5) is 0 Å². The molecular formula is C11H19NS2. The summed E-state index contributed by atoms with van der Waals surface area (Å²) in [5, 5.41) is 2.20. The van der Waals surface area contributed by atoms with Gasteiger partial charge in [0, 0.05) is 5.75 Å². The van der Waals surface area contributed by atoms with Gasteiger partial charge in [0.15, 0.2) is 0 Å². The summed E-state index contributed by atoms with van der Waals surface area (Å²) in [7, 11) is 0. The zero-order valence-electron chi connectivity index (χ0n) is 8.87. The Morgan fingerprint density at radius 3 is 3.07 bits per heavy atom. The van der Waals surface area contributed by atoms with Gasteiger partial charge in [0.2, 0.25) is 0 Å². The first-order valence-corrected chi connectivity index (χ1v) is 7.29. The molecule has 1 heterocycles. The van der Waals surface area contributed by atoms with E-state index in [1.54, 1.807) is 11.8 Å². The summed E-state index contributed by atoms with van der Waals surface area (Å²) < 4.78 is 1.25. The fraction of sp³-hybridized carbons (Fsp3) is 0.727. The van der Waals surface area contributed by atoms with Gasteiger partial charge >= 0.3 is 0 Å². The van der Waals surface area contributed by atoms with Gasteiger partial charge in [0.25, 0.3) is 0 Å². The van der Waals surface area contributed by atoms with Gasteiger partial charge in [0.1, 0.15) is 4.38 Å². The third-order valence-electron chi connectivity index (χ3n) is 2.05. The van der Waals surface area contributed by atoms with Gasteiger partial charge in [-0.15, -0.1) is 0 Å². The van der Waals surface area contributed by atoms with E-state index in [1.807, 2.05) is 11.8 Å². The second-order valence-electron chi connectivity index (χ2n) is 3.34. The van der Waals surface area contributed by atoms with Crippen LogP contribution in [-0.4, -0.2) is 16.7 Å². The van der Waals surface area contributed by atoms with Crippen molar-refractivity contribution < 1.29 is 0 Å². The lowest BCUT2D eigenvalue weighted by Crippen LogP contribution is -1.75. The molecule has 3 heteroatoms. The van der Waals surface area contributed by atoms with E-state index in [1.165, 1.54) is 42.2 Å². The molecule has 0 aromatic carbocycles. The van der Waals surface area contributed by atoms with Gasteiger partial charge in [-0.1, -0.05) is 55.8 Å². The first kappa shape index (κ1) is 12.2. The van der Waals surface area contributed by atoms with Crippen LogP contribution in [0.1, 0.15) is 39.0 Å².